The van der Waals surface area contributed by atoms with Gasteiger partial charge in [-0.1, -0.05) is 5.16 Å². The summed E-state index contributed by atoms with van der Waals surface area (Å²) < 4.78 is 5.18. The SMILES string of the molecule is CC(NC(=O)c1ccc(NC(=O)CCCc2nc(C3CC3)no2)cc1)C(=O)O. The van der Waals surface area contributed by atoms with E-state index in [1.165, 1.54) is 19.1 Å². The molecule has 0 saturated heterocycles. The zero-order chi connectivity index (χ0) is 20.1. The van der Waals surface area contributed by atoms with Crippen molar-refractivity contribution in [3.8, 4) is 0 Å². The van der Waals surface area contributed by atoms with E-state index < -0.39 is 17.9 Å². The molecule has 9 heteroatoms. The van der Waals surface area contributed by atoms with Gasteiger partial charge in [0.05, 0.1) is 0 Å². The highest BCUT2D eigenvalue weighted by molar-refractivity contribution is 5.97. The lowest BCUT2D eigenvalue weighted by Gasteiger charge is -2.10. The molecule has 148 valence electrons. The molecule has 1 atom stereocenters. The number of anilines is 1. The van der Waals surface area contributed by atoms with Gasteiger partial charge in [-0.05, 0) is 50.5 Å². The largest absolute Gasteiger partial charge is 0.480 e. The topological polar surface area (TPSA) is 134 Å². The Morgan fingerprint density at radius 1 is 1.25 bits per heavy atom. The predicted molar refractivity (Wildman–Crippen MR) is 98.8 cm³/mol. The fraction of sp³-hybridized carbons (Fsp3) is 0.421. The van der Waals surface area contributed by atoms with E-state index in [1.54, 1.807) is 12.1 Å². The van der Waals surface area contributed by atoms with E-state index in [4.69, 9.17) is 9.63 Å². The van der Waals surface area contributed by atoms with E-state index in [0.29, 0.717) is 42.3 Å². The number of nitrogens with one attached hydrogen (secondary N) is 2. The molecule has 0 bridgehead atoms. The number of aromatic nitrogens is 2. The number of hydrogen-bond acceptors (Lipinski definition) is 6. The van der Waals surface area contributed by atoms with Crippen molar-refractivity contribution < 1.29 is 24.0 Å². The molecular weight excluding hydrogens is 364 g/mol. The van der Waals surface area contributed by atoms with Crippen LogP contribution in [0.2, 0.25) is 0 Å². The highest BCUT2D eigenvalue weighted by Crippen LogP contribution is 2.38. The highest BCUT2D eigenvalue weighted by Gasteiger charge is 2.28. The normalized spacial score (nSPS) is 14.3. The first-order valence-corrected chi connectivity index (χ1v) is 9.18. The maximum atomic E-state index is 12.0. The van der Waals surface area contributed by atoms with Crippen LogP contribution in [0.3, 0.4) is 0 Å². The number of carbonyl (C=O) groups is 3. The number of carbonyl (C=O) groups excluding carboxylic acids is 2. The van der Waals surface area contributed by atoms with Gasteiger partial charge in [-0.2, -0.15) is 4.98 Å². The van der Waals surface area contributed by atoms with E-state index in [9.17, 15) is 14.4 Å². The summed E-state index contributed by atoms with van der Waals surface area (Å²) in [7, 11) is 0. The Bertz CT molecular complexity index is 857. The maximum absolute atomic E-state index is 12.0. The summed E-state index contributed by atoms with van der Waals surface area (Å²) in [6, 6.07) is 5.26. The van der Waals surface area contributed by atoms with Crippen molar-refractivity contribution >= 4 is 23.5 Å². The molecule has 0 radical (unpaired) electrons. The number of aliphatic carboxylic acids is 1. The van der Waals surface area contributed by atoms with Crippen LogP contribution in [-0.2, 0) is 16.0 Å². The van der Waals surface area contributed by atoms with Crippen molar-refractivity contribution in [2.45, 2.75) is 51.0 Å². The summed E-state index contributed by atoms with van der Waals surface area (Å²) in [4.78, 5) is 39.1. The summed E-state index contributed by atoms with van der Waals surface area (Å²) in [5.74, 6) is 0.0123. The fourth-order valence-electron chi connectivity index (χ4n) is 2.55. The molecule has 0 spiro atoms. The van der Waals surface area contributed by atoms with Gasteiger partial charge in [-0.3, -0.25) is 14.4 Å². The minimum atomic E-state index is -1.11. The second kappa shape index (κ2) is 8.64. The molecule has 1 aromatic carbocycles. The van der Waals surface area contributed by atoms with Gasteiger partial charge >= 0.3 is 5.97 Å². The first kappa shape index (κ1) is 19.5. The lowest BCUT2D eigenvalue weighted by molar-refractivity contribution is -0.138. The van der Waals surface area contributed by atoms with E-state index in [-0.39, 0.29) is 5.91 Å². The van der Waals surface area contributed by atoms with Crippen molar-refractivity contribution in [2.75, 3.05) is 5.32 Å². The third-order valence-corrected chi connectivity index (χ3v) is 4.37. The smallest absolute Gasteiger partial charge is 0.325 e. The molecule has 3 N–H and O–H groups in total. The van der Waals surface area contributed by atoms with Crippen LogP contribution in [0.15, 0.2) is 28.8 Å². The van der Waals surface area contributed by atoms with Crippen molar-refractivity contribution in [3.63, 3.8) is 0 Å². The molecule has 9 nitrogen and oxygen atoms in total. The molecule has 1 unspecified atom stereocenters. The molecule has 1 heterocycles. The lowest BCUT2D eigenvalue weighted by atomic mass is 10.1. The second-order valence-corrected chi connectivity index (χ2v) is 6.83. The minimum Gasteiger partial charge on any atom is -0.480 e. The highest BCUT2D eigenvalue weighted by atomic mass is 16.5. The van der Waals surface area contributed by atoms with Crippen molar-refractivity contribution in [1.82, 2.24) is 15.5 Å². The molecule has 2 aromatic rings. The Labute approximate surface area is 161 Å². The predicted octanol–water partition coefficient (Wildman–Crippen LogP) is 2.11. The van der Waals surface area contributed by atoms with Crippen LogP contribution in [0.1, 0.15) is 60.6 Å². The molecule has 2 amide bonds. The molecule has 3 rings (SSSR count). The van der Waals surface area contributed by atoms with E-state index in [2.05, 4.69) is 20.8 Å². The van der Waals surface area contributed by atoms with Gasteiger partial charge in [-0.25, -0.2) is 0 Å². The average molecular weight is 386 g/mol. The standard InChI is InChI=1S/C19H22N4O5/c1-11(19(26)27)20-18(25)13-7-9-14(10-8-13)21-15(24)3-2-4-16-22-17(23-28-16)12-5-6-12/h7-12H,2-6H2,1H3,(H,20,25)(H,21,24)(H,26,27). The van der Waals surface area contributed by atoms with Gasteiger partial charge in [0.25, 0.3) is 5.91 Å². The molecule has 0 aliphatic heterocycles. The number of hydrogen-bond donors (Lipinski definition) is 3. The number of aryl methyl sites for hydroxylation is 1. The number of rotatable bonds is 9. The number of carboxylic acid groups (broad SMARTS) is 1. The minimum absolute atomic E-state index is 0.154. The third kappa shape index (κ3) is 5.38. The maximum Gasteiger partial charge on any atom is 0.325 e. The zero-order valence-electron chi connectivity index (χ0n) is 15.5. The summed E-state index contributed by atoms with van der Waals surface area (Å²) in [6.07, 6.45) is 3.67. The molecule has 28 heavy (non-hydrogen) atoms. The van der Waals surface area contributed by atoms with Gasteiger partial charge in [0.15, 0.2) is 5.82 Å². The van der Waals surface area contributed by atoms with Crippen LogP contribution in [0, 0.1) is 0 Å². The van der Waals surface area contributed by atoms with Crippen LogP contribution in [0.25, 0.3) is 0 Å². The van der Waals surface area contributed by atoms with Gasteiger partial charge in [0.1, 0.15) is 6.04 Å². The fourth-order valence-corrected chi connectivity index (χ4v) is 2.55. The molecule has 1 saturated carbocycles. The summed E-state index contributed by atoms with van der Waals surface area (Å²) in [6.45, 7) is 1.38. The molecule has 1 aliphatic rings. The van der Waals surface area contributed by atoms with Crippen molar-refractivity contribution in [1.29, 1.82) is 0 Å². The van der Waals surface area contributed by atoms with Gasteiger partial charge in [0.2, 0.25) is 11.8 Å². The van der Waals surface area contributed by atoms with Crippen LogP contribution in [0.5, 0.6) is 0 Å². The Balaban J connectivity index is 1.42. The van der Waals surface area contributed by atoms with Crippen molar-refractivity contribution in [2.24, 2.45) is 0 Å². The Kier molecular flexibility index (Phi) is 6.03. The van der Waals surface area contributed by atoms with Crippen LogP contribution < -0.4 is 10.6 Å². The van der Waals surface area contributed by atoms with Gasteiger partial charge in [-0.15, -0.1) is 0 Å². The van der Waals surface area contributed by atoms with E-state index >= 15 is 0 Å². The van der Waals surface area contributed by atoms with Crippen molar-refractivity contribution in [3.05, 3.63) is 41.5 Å². The van der Waals surface area contributed by atoms with Gasteiger partial charge < -0.3 is 20.3 Å². The second-order valence-electron chi connectivity index (χ2n) is 6.83. The first-order chi connectivity index (χ1) is 13.4. The van der Waals surface area contributed by atoms with Crippen LogP contribution >= 0.6 is 0 Å². The Morgan fingerprint density at radius 3 is 2.61 bits per heavy atom. The molecule has 1 fully saturated rings. The van der Waals surface area contributed by atoms with Crippen LogP contribution in [-0.4, -0.2) is 39.1 Å². The van der Waals surface area contributed by atoms with Gasteiger partial charge in [0, 0.05) is 30.0 Å². The first-order valence-electron chi connectivity index (χ1n) is 9.18. The summed E-state index contributed by atoms with van der Waals surface area (Å²) >= 11 is 0. The molecule has 1 aromatic heterocycles. The summed E-state index contributed by atoms with van der Waals surface area (Å²) in [5.41, 5.74) is 0.871. The quantitative estimate of drug-likeness (QED) is 0.601. The zero-order valence-corrected chi connectivity index (χ0v) is 15.5. The monoisotopic (exact) mass is 386 g/mol. The molecular formula is C19H22N4O5. The average Bonchev–Trinajstić information content (AvgIpc) is 3.41. The van der Waals surface area contributed by atoms with E-state index in [0.717, 1.165) is 18.7 Å². The Morgan fingerprint density at radius 2 is 1.96 bits per heavy atom. The number of carboxylic acids is 1. The number of nitrogens with zero attached hydrogens (tertiary/aromatic N) is 2. The summed E-state index contributed by atoms with van der Waals surface area (Å²) in [5, 5.41) is 17.9. The van der Waals surface area contributed by atoms with E-state index in [1.807, 2.05) is 0 Å². The lowest BCUT2D eigenvalue weighted by Crippen LogP contribution is -2.38. The Hall–Kier alpha value is -3.23. The molecule has 1 aliphatic carbocycles. The number of benzene rings is 1. The number of amides is 2. The third-order valence-electron chi connectivity index (χ3n) is 4.37. The van der Waals surface area contributed by atoms with Crippen LogP contribution in [0.4, 0.5) is 5.69 Å².